The van der Waals surface area contributed by atoms with Crippen LogP contribution in [-0.4, -0.2) is 15.0 Å². The first kappa shape index (κ1) is 12.9. The molecule has 3 heteroatoms. The average Bonchev–Trinajstić information content (AvgIpc) is 2.53. The minimum atomic E-state index is 0.907. The van der Waals surface area contributed by atoms with Crippen molar-refractivity contribution in [3.05, 3.63) is 66.1 Å². The number of aryl methyl sites for hydroxylation is 2. The van der Waals surface area contributed by atoms with Crippen LogP contribution in [0.5, 0.6) is 0 Å². The molecule has 0 spiro atoms. The zero-order chi connectivity index (χ0) is 15.1. The standard InChI is InChI=1S/C19H15N3/c1-12-4-3-5-18(22-12)19-16-8-9-17-15(7-6-13(2)21-17)14(16)10-11-20-19/h3-11H,1-2H3. The number of pyridine rings is 3. The van der Waals surface area contributed by atoms with Crippen molar-refractivity contribution < 1.29 is 0 Å². The summed E-state index contributed by atoms with van der Waals surface area (Å²) in [6.07, 6.45) is 1.85. The first-order valence-electron chi connectivity index (χ1n) is 7.31. The van der Waals surface area contributed by atoms with Gasteiger partial charge in [0.25, 0.3) is 0 Å². The molecular weight excluding hydrogens is 270 g/mol. The second kappa shape index (κ2) is 4.88. The highest BCUT2D eigenvalue weighted by molar-refractivity contribution is 6.09. The van der Waals surface area contributed by atoms with Crippen LogP contribution in [-0.2, 0) is 0 Å². The highest BCUT2D eigenvalue weighted by Crippen LogP contribution is 2.30. The van der Waals surface area contributed by atoms with E-state index >= 15 is 0 Å². The quantitative estimate of drug-likeness (QED) is 0.485. The molecular formula is C19H15N3. The second-order valence-electron chi connectivity index (χ2n) is 5.50. The Balaban J connectivity index is 2.07. The van der Waals surface area contributed by atoms with E-state index in [4.69, 9.17) is 0 Å². The fourth-order valence-electron chi connectivity index (χ4n) is 2.85. The van der Waals surface area contributed by atoms with Crippen LogP contribution in [0.25, 0.3) is 33.1 Å². The van der Waals surface area contributed by atoms with E-state index < -0.39 is 0 Å². The summed E-state index contributed by atoms with van der Waals surface area (Å²) >= 11 is 0. The van der Waals surface area contributed by atoms with Crippen LogP contribution < -0.4 is 0 Å². The van der Waals surface area contributed by atoms with Gasteiger partial charge < -0.3 is 0 Å². The van der Waals surface area contributed by atoms with Gasteiger partial charge in [-0.05, 0) is 55.6 Å². The highest BCUT2D eigenvalue weighted by atomic mass is 14.8. The van der Waals surface area contributed by atoms with E-state index in [1.165, 1.54) is 5.39 Å². The lowest BCUT2D eigenvalue weighted by molar-refractivity contribution is 1.18. The molecule has 0 amide bonds. The Kier molecular flexibility index (Phi) is 2.86. The molecule has 0 bridgehead atoms. The third kappa shape index (κ3) is 2.02. The van der Waals surface area contributed by atoms with Crippen molar-refractivity contribution in [1.29, 1.82) is 0 Å². The lowest BCUT2D eigenvalue weighted by Crippen LogP contribution is -1.92. The number of fused-ring (bicyclic) bond motifs is 3. The Bertz CT molecular complexity index is 1010. The normalized spacial score (nSPS) is 11.2. The minimum Gasteiger partial charge on any atom is -0.254 e. The molecule has 0 N–H and O–H groups in total. The Labute approximate surface area is 128 Å². The Hall–Kier alpha value is -2.81. The van der Waals surface area contributed by atoms with E-state index in [-0.39, 0.29) is 0 Å². The van der Waals surface area contributed by atoms with Gasteiger partial charge >= 0.3 is 0 Å². The molecule has 0 fully saturated rings. The molecule has 106 valence electrons. The third-order valence-electron chi connectivity index (χ3n) is 3.88. The van der Waals surface area contributed by atoms with Gasteiger partial charge in [0.15, 0.2) is 0 Å². The molecule has 0 saturated heterocycles. The number of hydrogen-bond acceptors (Lipinski definition) is 3. The number of rotatable bonds is 1. The largest absolute Gasteiger partial charge is 0.254 e. The van der Waals surface area contributed by atoms with Gasteiger partial charge in [-0.3, -0.25) is 15.0 Å². The van der Waals surface area contributed by atoms with Gasteiger partial charge in [0.1, 0.15) is 0 Å². The van der Waals surface area contributed by atoms with E-state index in [0.29, 0.717) is 0 Å². The van der Waals surface area contributed by atoms with Crippen LogP contribution >= 0.6 is 0 Å². The maximum absolute atomic E-state index is 4.61. The van der Waals surface area contributed by atoms with Crippen molar-refractivity contribution in [3.8, 4) is 11.4 Å². The molecule has 0 aliphatic rings. The van der Waals surface area contributed by atoms with E-state index in [9.17, 15) is 0 Å². The fraction of sp³-hybridized carbons (Fsp3) is 0.105. The summed E-state index contributed by atoms with van der Waals surface area (Å²) in [5, 5.41) is 3.43. The molecule has 1 aromatic carbocycles. The monoisotopic (exact) mass is 285 g/mol. The molecule has 3 heterocycles. The van der Waals surface area contributed by atoms with Crippen LogP contribution in [0.1, 0.15) is 11.4 Å². The lowest BCUT2D eigenvalue weighted by atomic mass is 10.0. The predicted molar refractivity (Wildman–Crippen MR) is 89.7 cm³/mol. The summed E-state index contributed by atoms with van der Waals surface area (Å²) in [5.41, 5.74) is 4.87. The maximum Gasteiger partial charge on any atom is 0.0964 e. The fourth-order valence-corrected chi connectivity index (χ4v) is 2.85. The van der Waals surface area contributed by atoms with E-state index in [0.717, 1.165) is 39.1 Å². The Morgan fingerprint density at radius 3 is 2.36 bits per heavy atom. The zero-order valence-electron chi connectivity index (χ0n) is 12.5. The number of benzene rings is 1. The SMILES string of the molecule is Cc1cccc(-c2nccc3c2ccc2nc(C)ccc23)n1. The molecule has 4 aromatic rings. The Morgan fingerprint density at radius 2 is 1.50 bits per heavy atom. The van der Waals surface area contributed by atoms with Crippen molar-refractivity contribution in [2.24, 2.45) is 0 Å². The molecule has 4 rings (SSSR count). The van der Waals surface area contributed by atoms with Crippen molar-refractivity contribution in [3.63, 3.8) is 0 Å². The topological polar surface area (TPSA) is 38.7 Å². The first-order valence-corrected chi connectivity index (χ1v) is 7.31. The van der Waals surface area contributed by atoms with Gasteiger partial charge in [0, 0.05) is 28.4 Å². The summed E-state index contributed by atoms with van der Waals surface area (Å²) in [6, 6.07) is 16.4. The molecule has 0 unspecified atom stereocenters. The summed E-state index contributed by atoms with van der Waals surface area (Å²) in [5.74, 6) is 0. The van der Waals surface area contributed by atoms with Gasteiger partial charge in [0.05, 0.1) is 16.9 Å². The van der Waals surface area contributed by atoms with Crippen LogP contribution in [0.15, 0.2) is 54.7 Å². The number of aromatic nitrogens is 3. The van der Waals surface area contributed by atoms with Crippen molar-refractivity contribution in [2.45, 2.75) is 13.8 Å². The zero-order valence-corrected chi connectivity index (χ0v) is 12.5. The first-order chi connectivity index (χ1) is 10.7. The van der Waals surface area contributed by atoms with E-state index in [1.54, 1.807) is 0 Å². The van der Waals surface area contributed by atoms with Crippen molar-refractivity contribution >= 4 is 21.7 Å². The summed E-state index contributed by atoms with van der Waals surface area (Å²) in [6.45, 7) is 4.01. The highest BCUT2D eigenvalue weighted by Gasteiger charge is 2.09. The minimum absolute atomic E-state index is 0.907. The van der Waals surface area contributed by atoms with Gasteiger partial charge in [-0.25, -0.2) is 0 Å². The van der Waals surface area contributed by atoms with Crippen LogP contribution in [0.2, 0.25) is 0 Å². The lowest BCUT2D eigenvalue weighted by Gasteiger charge is -2.08. The smallest absolute Gasteiger partial charge is 0.0964 e. The molecule has 0 radical (unpaired) electrons. The molecule has 0 saturated carbocycles. The molecule has 0 aliphatic carbocycles. The molecule has 0 aliphatic heterocycles. The Morgan fingerprint density at radius 1 is 0.682 bits per heavy atom. The molecule has 22 heavy (non-hydrogen) atoms. The van der Waals surface area contributed by atoms with E-state index in [2.05, 4.69) is 33.2 Å². The summed E-state index contributed by atoms with van der Waals surface area (Å²) in [4.78, 5) is 13.8. The van der Waals surface area contributed by atoms with Crippen molar-refractivity contribution in [1.82, 2.24) is 15.0 Å². The molecule has 3 nitrogen and oxygen atoms in total. The van der Waals surface area contributed by atoms with Crippen LogP contribution in [0, 0.1) is 13.8 Å². The maximum atomic E-state index is 4.61. The van der Waals surface area contributed by atoms with Gasteiger partial charge in [0.2, 0.25) is 0 Å². The van der Waals surface area contributed by atoms with Gasteiger partial charge in [-0.2, -0.15) is 0 Å². The summed E-state index contributed by atoms with van der Waals surface area (Å²) in [7, 11) is 0. The molecule has 3 aromatic heterocycles. The van der Waals surface area contributed by atoms with E-state index in [1.807, 2.05) is 50.4 Å². The molecule has 0 atom stereocenters. The van der Waals surface area contributed by atoms with Crippen LogP contribution in [0.3, 0.4) is 0 Å². The number of nitrogens with zero attached hydrogens (tertiary/aromatic N) is 3. The predicted octanol–water partition coefficient (Wildman–Crippen LogP) is 4.46. The summed E-state index contributed by atoms with van der Waals surface area (Å²) < 4.78 is 0. The second-order valence-corrected chi connectivity index (χ2v) is 5.50. The average molecular weight is 285 g/mol. The number of hydrogen-bond donors (Lipinski definition) is 0. The van der Waals surface area contributed by atoms with Gasteiger partial charge in [-0.15, -0.1) is 0 Å². The van der Waals surface area contributed by atoms with Crippen molar-refractivity contribution in [2.75, 3.05) is 0 Å². The third-order valence-corrected chi connectivity index (χ3v) is 3.88. The van der Waals surface area contributed by atoms with Gasteiger partial charge in [-0.1, -0.05) is 12.1 Å². The van der Waals surface area contributed by atoms with Crippen LogP contribution in [0.4, 0.5) is 0 Å².